The van der Waals surface area contributed by atoms with Gasteiger partial charge in [0.15, 0.2) is 5.13 Å². The van der Waals surface area contributed by atoms with Crippen molar-refractivity contribution in [3.05, 3.63) is 16.1 Å². The Bertz CT molecular complexity index is 683. The SMILES string of the molecule is Cc1nc(NC(=O)NC(C)C)sc1-c1csc(CC#N)n1. The van der Waals surface area contributed by atoms with Crippen LogP contribution in [0.25, 0.3) is 10.6 Å². The number of aryl methyl sites for hydroxylation is 1. The van der Waals surface area contributed by atoms with Crippen LogP contribution in [0.4, 0.5) is 9.93 Å². The zero-order valence-corrected chi connectivity index (χ0v) is 13.6. The first-order chi connectivity index (χ1) is 9.99. The van der Waals surface area contributed by atoms with Crippen molar-refractivity contribution >= 4 is 33.8 Å². The molecule has 0 aliphatic carbocycles. The fraction of sp³-hybridized carbons (Fsp3) is 0.385. The van der Waals surface area contributed by atoms with Crippen molar-refractivity contribution in [3.63, 3.8) is 0 Å². The second-order valence-corrected chi connectivity index (χ2v) is 6.59. The van der Waals surface area contributed by atoms with E-state index in [1.54, 1.807) is 0 Å². The Hall–Kier alpha value is -1.98. The van der Waals surface area contributed by atoms with Gasteiger partial charge in [-0.2, -0.15) is 5.26 Å². The van der Waals surface area contributed by atoms with Crippen LogP contribution in [0.3, 0.4) is 0 Å². The number of nitrogens with zero attached hydrogens (tertiary/aromatic N) is 3. The van der Waals surface area contributed by atoms with E-state index in [1.807, 2.05) is 26.2 Å². The molecule has 0 aliphatic heterocycles. The van der Waals surface area contributed by atoms with Gasteiger partial charge in [0.05, 0.1) is 28.8 Å². The average molecular weight is 321 g/mol. The van der Waals surface area contributed by atoms with E-state index >= 15 is 0 Å². The first-order valence-electron chi connectivity index (χ1n) is 6.36. The zero-order valence-electron chi connectivity index (χ0n) is 11.9. The summed E-state index contributed by atoms with van der Waals surface area (Å²) in [6.45, 7) is 5.66. The normalized spacial score (nSPS) is 10.4. The lowest BCUT2D eigenvalue weighted by molar-refractivity contribution is 0.250. The average Bonchev–Trinajstić information content (AvgIpc) is 2.95. The van der Waals surface area contributed by atoms with E-state index < -0.39 is 0 Å². The topological polar surface area (TPSA) is 90.7 Å². The van der Waals surface area contributed by atoms with Gasteiger partial charge < -0.3 is 5.32 Å². The highest BCUT2D eigenvalue weighted by molar-refractivity contribution is 7.19. The monoisotopic (exact) mass is 321 g/mol. The number of nitrogens with one attached hydrogen (secondary N) is 2. The molecule has 0 spiro atoms. The van der Waals surface area contributed by atoms with Crippen molar-refractivity contribution in [1.29, 1.82) is 5.26 Å². The van der Waals surface area contributed by atoms with Crippen LogP contribution in [0.15, 0.2) is 5.38 Å². The molecule has 0 atom stereocenters. The maximum atomic E-state index is 11.7. The van der Waals surface area contributed by atoms with Gasteiger partial charge in [-0.3, -0.25) is 5.32 Å². The molecule has 2 aromatic rings. The smallest absolute Gasteiger partial charge is 0.321 e. The van der Waals surface area contributed by atoms with E-state index in [9.17, 15) is 4.79 Å². The van der Waals surface area contributed by atoms with Crippen molar-refractivity contribution in [2.45, 2.75) is 33.2 Å². The van der Waals surface area contributed by atoms with Crippen LogP contribution in [0.2, 0.25) is 0 Å². The second-order valence-electron chi connectivity index (χ2n) is 4.65. The number of urea groups is 1. The molecule has 2 aromatic heterocycles. The van der Waals surface area contributed by atoms with Gasteiger partial charge in [-0.1, -0.05) is 11.3 Å². The number of carbonyl (C=O) groups is 1. The van der Waals surface area contributed by atoms with E-state index in [2.05, 4.69) is 26.7 Å². The Labute approximate surface area is 130 Å². The molecule has 2 N–H and O–H groups in total. The molecular weight excluding hydrogens is 306 g/mol. The summed E-state index contributed by atoms with van der Waals surface area (Å²) >= 11 is 2.83. The van der Waals surface area contributed by atoms with Crippen LogP contribution < -0.4 is 10.6 Å². The third-order valence-corrected chi connectivity index (χ3v) is 4.40. The Morgan fingerprint density at radius 1 is 1.48 bits per heavy atom. The van der Waals surface area contributed by atoms with Crippen molar-refractivity contribution < 1.29 is 4.79 Å². The van der Waals surface area contributed by atoms with Crippen molar-refractivity contribution in [1.82, 2.24) is 15.3 Å². The Balaban J connectivity index is 2.15. The molecule has 0 aromatic carbocycles. The van der Waals surface area contributed by atoms with E-state index in [1.165, 1.54) is 22.7 Å². The molecule has 6 nitrogen and oxygen atoms in total. The van der Waals surface area contributed by atoms with Crippen LogP contribution in [0.1, 0.15) is 24.5 Å². The largest absolute Gasteiger partial charge is 0.336 e. The Morgan fingerprint density at radius 3 is 2.90 bits per heavy atom. The summed E-state index contributed by atoms with van der Waals surface area (Å²) in [5, 5.41) is 17.4. The molecule has 0 aliphatic rings. The van der Waals surface area contributed by atoms with Crippen molar-refractivity contribution in [2.24, 2.45) is 0 Å². The summed E-state index contributed by atoms with van der Waals surface area (Å²) in [6, 6.07) is 1.88. The number of carbonyl (C=O) groups excluding carboxylic acids is 1. The van der Waals surface area contributed by atoms with Crippen molar-refractivity contribution in [2.75, 3.05) is 5.32 Å². The Kier molecular flexibility index (Phi) is 4.88. The number of aromatic nitrogens is 2. The minimum absolute atomic E-state index is 0.0672. The summed E-state index contributed by atoms with van der Waals surface area (Å²) in [4.78, 5) is 21.3. The van der Waals surface area contributed by atoms with E-state index in [-0.39, 0.29) is 12.1 Å². The number of hydrogen-bond donors (Lipinski definition) is 2. The molecule has 21 heavy (non-hydrogen) atoms. The molecule has 0 unspecified atom stereocenters. The zero-order chi connectivity index (χ0) is 15.4. The van der Waals surface area contributed by atoms with Crippen LogP contribution in [-0.2, 0) is 6.42 Å². The minimum Gasteiger partial charge on any atom is -0.336 e. The first kappa shape index (κ1) is 15.4. The minimum atomic E-state index is -0.270. The van der Waals surface area contributed by atoms with Gasteiger partial charge in [-0.15, -0.1) is 11.3 Å². The van der Waals surface area contributed by atoms with E-state index in [0.717, 1.165) is 21.3 Å². The molecule has 0 radical (unpaired) electrons. The molecule has 8 heteroatoms. The maximum Gasteiger partial charge on any atom is 0.321 e. The standard InChI is InChI=1S/C13H15N5OS2/c1-7(2)15-12(19)18-13-16-8(3)11(21-13)9-6-20-10(17-9)4-5-14/h6-7H,4H2,1-3H3,(H2,15,16,18,19). The van der Waals surface area contributed by atoms with Gasteiger partial charge >= 0.3 is 6.03 Å². The molecule has 0 bridgehead atoms. The van der Waals surface area contributed by atoms with Crippen LogP contribution in [-0.4, -0.2) is 22.0 Å². The van der Waals surface area contributed by atoms with Crippen LogP contribution in [0, 0.1) is 18.3 Å². The highest BCUT2D eigenvalue weighted by Gasteiger charge is 2.14. The molecule has 2 heterocycles. The number of thiazole rings is 2. The lowest BCUT2D eigenvalue weighted by Gasteiger charge is -2.07. The van der Waals surface area contributed by atoms with Gasteiger partial charge in [0.2, 0.25) is 0 Å². The predicted octanol–water partition coefficient (Wildman–Crippen LogP) is 3.17. The highest BCUT2D eigenvalue weighted by atomic mass is 32.1. The number of hydrogen-bond acceptors (Lipinski definition) is 6. The molecule has 0 saturated carbocycles. The van der Waals surface area contributed by atoms with Gasteiger partial charge in [0.1, 0.15) is 5.01 Å². The van der Waals surface area contributed by atoms with E-state index in [4.69, 9.17) is 5.26 Å². The summed E-state index contributed by atoms with van der Waals surface area (Å²) in [5.74, 6) is 0. The third-order valence-electron chi connectivity index (χ3n) is 2.45. The van der Waals surface area contributed by atoms with Crippen LogP contribution in [0.5, 0.6) is 0 Å². The summed E-state index contributed by atoms with van der Waals surface area (Å²) in [7, 11) is 0. The number of rotatable bonds is 4. The van der Waals surface area contributed by atoms with Gasteiger partial charge in [-0.25, -0.2) is 14.8 Å². The fourth-order valence-electron chi connectivity index (χ4n) is 1.65. The predicted molar refractivity (Wildman–Crippen MR) is 84.6 cm³/mol. The summed E-state index contributed by atoms with van der Waals surface area (Å²) < 4.78 is 0. The number of anilines is 1. The second kappa shape index (κ2) is 6.65. The molecule has 0 fully saturated rings. The summed E-state index contributed by atoms with van der Waals surface area (Å²) in [5.41, 5.74) is 1.62. The molecule has 0 saturated heterocycles. The lowest BCUT2D eigenvalue weighted by Crippen LogP contribution is -2.34. The fourth-order valence-corrected chi connectivity index (χ4v) is 3.36. The number of nitriles is 1. The highest BCUT2D eigenvalue weighted by Crippen LogP contribution is 2.33. The first-order valence-corrected chi connectivity index (χ1v) is 8.06. The Morgan fingerprint density at radius 2 is 2.24 bits per heavy atom. The van der Waals surface area contributed by atoms with Gasteiger partial charge in [-0.05, 0) is 20.8 Å². The maximum absolute atomic E-state index is 11.7. The van der Waals surface area contributed by atoms with E-state index in [0.29, 0.717) is 11.6 Å². The van der Waals surface area contributed by atoms with Gasteiger partial charge in [0.25, 0.3) is 0 Å². The molecule has 2 rings (SSSR count). The molecular formula is C13H15N5OS2. The summed E-state index contributed by atoms with van der Waals surface area (Å²) in [6.07, 6.45) is 0.310. The molecule has 110 valence electrons. The van der Waals surface area contributed by atoms with Gasteiger partial charge in [0, 0.05) is 11.4 Å². The number of amides is 2. The van der Waals surface area contributed by atoms with Crippen LogP contribution >= 0.6 is 22.7 Å². The van der Waals surface area contributed by atoms with Crippen molar-refractivity contribution in [3.8, 4) is 16.6 Å². The third kappa shape index (κ3) is 4.00. The lowest BCUT2D eigenvalue weighted by atomic mass is 10.3. The quantitative estimate of drug-likeness (QED) is 0.905. The molecule has 2 amide bonds.